The minimum atomic E-state index is -0.465. The second kappa shape index (κ2) is 4.46. The Morgan fingerprint density at radius 3 is 2.64 bits per heavy atom. The van der Waals surface area contributed by atoms with Gasteiger partial charge < -0.3 is 4.74 Å². The molecular weight excluding hydrogens is 204 g/mol. The molecule has 0 aliphatic heterocycles. The van der Waals surface area contributed by atoms with Gasteiger partial charge in [0.15, 0.2) is 5.69 Å². The molecule has 1 rings (SSSR count). The van der Waals surface area contributed by atoms with Gasteiger partial charge in [-0.2, -0.15) is 5.10 Å². The first-order valence-corrected chi connectivity index (χ1v) is 4.89. The zero-order valence-corrected chi connectivity index (χ0v) is 9.26. The number of carbonyl (C=O) groups excluding carboxylic acids is 1. The predicted octanol–water partition coefficient (Wildman–Crippen LogP) is 2.04. The van der Waals surface area contributed by atoms with Gasteiger partial charge in [-0.25, -0.2) is 4.79 Å². The van der Waals surface area contributed by atoms with E-state index in [1.165, 1.54) is 0 Å². The van der Waals surface area contributed by atoms with Gasteiger partial charge in [-0.1, -0.05) is 11.6 Å². The van der Waals surface area contributed by atoms with Crippen molar-refractivity contribution < 1.29 is 9.53 Å². The molecule has 0 aromatic carbocycles. The van der Waals surface area contributed by atoms with Crippen LogP contribution in [0.3, 0.4) is 0 Å². The fourth-order valence-electron chi connectivity index (χ4n) is 1.16. The van der Waals surface area contributed by atoms with E-state index in [4.69, 9.17) is 16.3 Å². The largest absolute Gasteiger partial charge is 0.461 e. The van der Waals surface area contributed by atoms with Gasteiger partial charge in [0, 0.05) is 6.54 Å². The average molecular weight is 217 g/mol. The van der Waals surface area contributed by atoms with E-state index in [2.05, 4.69) is 5.10 Å². The quantitative estimate of drug-likeness (QED) is 0.727. The Morgan fingerprint density at radius 2 is 2.21 bits per heavy atom. The Hall–Kier alpha value is -1.03. The van der Waals surface area contributed by atoms with E-state index in [-0.39, 0.29) is 5.69 Å². The van der Waals surface area contributed by atoms with E-state index in [1.54, 1.807) is 11.6 Å². The molecule has 1 aromatic rings. The zero-order chi connectivity index (χ0) is 10.7. The van der Waals surface area contributed by atoms with Crippen molar-refractivity contribution in [3.05, 3.63) is 16.4 Å². The smallest absolute Gasteiger partial charge is 0.360 e. The molecule has 0 saturated heterocycles. The molecule has 1 heterocycles. The van der Waals surface area contributed by atoms with Crippen molar-refractivity contribution in [2.24, 2.45) is 0 Å². The summed E-state index contributed by atoms with van der Waals surface area (Å²) in [6, 6.07) is 0. The molecule has 0 unspecified atom stereocenters. The maximum absolute atomic E-state index is 11.4. The number of hydrogen-bond donors (Lipinski definition) is 0. The Morgan fingerprint density at radius 1 is 1.57 bits per heavy atom. The van der Waals surface area contributed by atoms with Crippen LogP contribution in [0.25, 0.3) is 0 Å². The van der Waals surface area contributed by atoms with Gasteiger partial charge in [-0.15, -0.1) is 0 Å². The second-order valence-corrected chi connectivity index (χ2v) is 3.16. The molecule has 0 saturated carbocycles. The van der Waals surface area contributed by atoms with Crippen molar-refractivity contribution in [1.82, 2.24) is 9.78 Å². The number of aromatic nitrogens is 2. The molecule has 0 aliphatic carbocycles. The SMILES string of the molecule is CCOC(=O)c1nn(CC)c(C)c1Cl. The van der Waals surface area contributed by atoms with Crippen LogP contribution in [0.2, 0.25) is 5.02 Å². The number of halogens is 1. The molecule has 5 heteroatoms. The van der Waals surface area contributed by atoms with Crippen molar-refractivity contribution >= 4 is 17.6 Å². The molecule has 0 radical (unpaired) electrons. The third-order valence-corrected chi connectivity index (χ3v) is 2.35. The molecule has 1 aromatic heterocycles. The van der Waals surface area contributed by atoms with Gasteiger partial charge in [0.1, 0.15) is 0 Å². The van der Waals surface area contributed by atoms with E-state index in [0.29, 0.717) is 18.2 Å². The number of hydrogen-bond acceptors (Lipinski definition) is 3. The monoisotopic (exact) mass is 216 g/mol. The highest BCUT2D eigenvalue weighted by molar-refractivity contribution is 6.33. The number of nitrogens with zero attached hydrogens (tertiary/aromatic N) is 2. The van der Waals surface area contributed by atoms with Crippen LogP contribution in [0.4, 0.5) is 0 Å². The van der Waals surface area contributed by atoms with Gasteiger partial charge in [-0.3, -0.25) is 4.68 Å². The lowest BCUT2D eigenvalue weighted by Crippen LogP contribution is -2.07. The third kappa shape index (κ3) is 1.90. The first-order chi connectivity index (χ1) is 6.61. The van der Waals surface area contributed by atoms with Crippen LogP contribution < -0.4 is 0 Å². The van der Waals surface area contributed by atoms with Gasteiger partial charge in [0.2, 0.25) is 0 Å². The van der Waals surface area contributed by atoms with Crippen molar-refractivity contribution in [3.8, 4) is 0 Å². The molecule has 78 valence electrons. The summed E-state index contributed by atoms with van der Waals surface area (Å²) in [5.41, 5.74) is 0.991. The summed E-state index contributed by atoms with van der Waals surface area (Å²) in [6.07, 6.45) is 0. The van der Waals surface area contributed by atoms with E-state index >= 15 is 0 Å². The minimum absolute atomic E-state index is 0.202. The third-order valence-electron chi connectivity index (χ3n) is 1.90. The van der Waals surface area contributed by atoms with E-state index in [9.17, 15) is 4.79 Å². The lowest BCUT2D eigenvalue weighted by Gasteiger charge is -1.97. The van der Waals surface area contributed by atoms with Crippen LogP contribution >= 0.6 is 11.6 Å². The van der Waals surface area contributed by atoms with Gasteiger partial charge in [0.25, 0.3) is 0 Å². The summed E-state index contributed by atoms with van der Waals surface area (Å²) in [5.74, 6) is -0.465. The van der Waals surface area contributed by atoms with Crippen LogP contribution in [-0.2, 0) is 11.3 Å². The van der Waals surface area contributed by atoms with Gasteiger partial charge in [0.05, 0.1) is 17.3 Å². The van der Waals surface area contributed by atoms with E-state index < -0.39 is 5.97 Å². The molecule has 0 atom stereocenters. The normalized spacial score (nSPS) is 10.3. The molecule has 14 heavy (non-hydrogen) atoms. The maximum atomic E-state index is 11.4. The van der Waals surface area contributed by atoms with Crippen LogP contribution in [0.5, 0.6) is 0 Å². The van der Waals surface area contributed by atoms with Crippen molar-refractivity contribution in [2.45, 2.75) is 27.3 Å². The molecule has 0 bridgehead atoms. The summed E-state index contributed by atoms with van der Waals surface area (Å²) in [4.78, 5) is 11.4. The number of rotatable bonds is 3. The van der Waals surface area contributed by atoms with E-state index in [0.717, 1.165) is 5.69 Å². The Bertz CT molecular complexity index is 347. The van der Waals surface area contributed by atoms with Crippen molar-refractivity contribution in [2.75, 3.05) is 6.61 Å². The van der Waals surface area contributed by atoms with Crippen LogP contribution in [0.15, 0.2) is 0 Å². The summed E-state index contributed by atoms with van der Waals surface area (Å²) in [6.45, 7) is 6.51. The summed E-state index contributed by atoms with van der Waals surface area (Å²) < 4.78 is 6.50. The molecule has 0 N–H and O–H groups in total. The highest BCUT2D eigenvalue weighted by Gasteiger charge is 2.19. The predicted molar refractivity (Wildman–Crippen MR) is 53.6 cm³/mol. The number of esters is 1. The fraction of sp³-hybridized carbons (Fsp3) is 0.556. The van der Waals surface area contributed by atoms with Gasteiger partial charge in [-0.05, 0) is 20.8 Å². The summed E-state index contributed by atoms with van der Waals surface area (Å²) in [5, 5.41) is 4.44. The Labute approximate surface area is 87.8 Å². The standard InChI is InChI=1S/C9H13ClN2O2/c1-4-12-6(3)7(10)8(11-12)9(13)14-5-2/h4-5H2,1-3H3. The van der Waals surface area contributed by atoms with E-state index in [1.807, 2.05) is 13.8 Å². The molecule has 0 spiro atoms. The highest BCUT2D eigenvalue weighted by Crippen LogP contribution is 2.20. The lowest BCUT2D eigenvalue weighted by molar-refractivity contribution is 0.0518. The molecular formula is C9H13ClN2O2. The summed E-state index contributed by atoms with van der Waals surface area (Å²) in [7, 11) is 0. The Kier molecular flexibility index (Phi) is 3.52. The number of ether oxygens (including phenoxy) is 1. The topological polar surface area (TPSA) is 44.1 Å². The van der Waals surface area contributed by atoms with Crippen molar-refractivity contribution in [1.29, 1.82) is 0 Å². The minimum Gasteiger partial charge on any atom is -0.461 e. The van der Waals surface area contributed by atoms with Crippen LogP contribution in [-0.4, -0.2) is 22.4 Å². The molecule has 0 amide bonds. The highest BCUT2D eigenvalue weighted by atomic mass is 35.5. The number of aryl methyl sites for hydroxylation is 1. The van der Waals surface area contributed by atoms with Gasteiger partial charge >= 0.3 is 5.97 Å². The van der Waals surface area contributed by atoms with Crippen LogP contribution in [0, 0.1) is 6.92 Å². The first kappa shape index (κ1) is 11.0. The molecule has 4 nitrogen and oxygen atoms in total. The first-order valence-electron chi connectivity index (χ1n) is 4.51. The van der Waals surface area contributed by atoms with Crippen molar-refractivity contribution in [3.63, 3.8) is 0 Å². The zero-order valence-electron chi connectivity index (χ0n) is 8.50. The molecule has 0 fully saturated rings. The van der Waals surface area contributed by atoms with Crippen LogP contribution in [0.1, 0.15) is 30.0 Å². The number of carbonyl (C=O) groups is 1. The lowest BCUT2D eigenvalue weighted by atomic mass is 10.3. The average Bonchev–Trinajstić information content (AvgIpc) is 2.44. The molecule has 0 aliphatic rings. The fourth-order valence-corrected chi connectivity index (χ4v) is 1.37. The second-order valence-electron chi connectivity index (χ2n) is 2.78. The summed E-state index contributed by atoms with van der Waals surface area (Å²) >= 11 is 5.94. The Balaban J connectivity index is 3.04. The maximum Gasteiger partial charge on any atom is 0.360 e.